The van der Waals surface area contributed by atoms with Crippen molar-refractivity contribution in [1.82, 2.24) is 0 Å². The largest absolute Gasteiger partial charge is 0.392 e. The predicted molar refractivity (Wildman–Crippen MR) is 138 cm³/mol. The summed E-state index contributed by atoms with van der Waals surface area (Å²) in [6.45, 7) is 16.6. The van der Waals surface area contributed by atoms with Gasteiger partial charge in [0.1, 0.15) is 11.9 Å². The molecule has 3 fully saturated rings. The molecule has 5 nitrogen and oxygen atoms in total. The van der Waals surface area contributed by atoms with E-state index >= 15 is 0 Å². The predicted octanol–water partition coefficient (Wildman–Crippen LogP) is 4.79. The number of aliphatic hydroxyl groups is 4. The summed E-state index contributed by atoms with van der Waals surface area (Å²) in [5.74, 6) is 0.914. The third-order valence-corrected chi connectivity index (χ3v) is 11.9. The molecule has 0 aliphatic heterocycles. The van der Waals surface area contributed by atoms with Crippen molar-refractivity contribution in [2.24, 2.45) is 39.4 Å². The molecule has 0 aromatic heterocycles. The zero-order chi connectivity index (χ0) is 26.4. The van der Waals surface area contributed by atoms with Crippen molar-refractivity contribution in [2.75, 3.05) is 0 Å². The van der Waals surface area contributed by atoms with Gasteiger partial charge in [0.2, 0.25) is 0 Å². The first-order valence-corrected chi connectivity index (χ1v) is 13.9. The molecule has 4 rings (SSSR count). The van der Waals surface area contributed by atoms with Gasteiger partial charge in [0.25, 0.3) is 0 Å². The summed E-state index contributed by atoms with van der Waals surface area (Å²) < 4.78 is 0. The van der Waals surface area contributed by atoms with E-state index < -0.39 is 23.9 Å². The summed E-state index contributed by atoms with van der Waals surface area (Å²) in [4.78, 5) is 12.9. The van der Waals surface area contributed by atoms with Crippen LogP contribution in [0.3, 0.4) is 0 Å². The van der Waals surface area contributed by atoms with E-state index in [1.165, 1.54) is 25.0 Å². The van der Waals surface area contributed by atoms with E-state index in [0.717, 1.165) is 32.1 Å². The molecule has 0 heterocycles. The van der Waals surface area contributed by atoms with Crippen molar-refractivity contribution in [3.8, 4) is 0 Å². The third-order valence-electron chi connectivity index (χ3n) is 11.9. The molecule has 0 amide bonds. The fourth-order valence-corrected chi connectivity index (χ4v) is 9.77. The first-order chi connectivity index (χ1) is 15.9. The Balaban J connectivity index is 1.68. The van der Waals surface area contributed by atoms with Gasteiger partial charge in [-0.05, 0) is 92.8 Å². The molecule has 4 aliphatic rings. The first-order valence-electron chi connectivity index (χ1n) is 13.9. The number of ketones is 1. The van der Waals surface area contributed by atoms with Crippen molar-refractivity contribution < 1.29 is 25.2 Å². The Hall–Kier alpha value is -0.750. The zero-order valence-corrected chi connectivity index (χ0v) is 23.3. The number of hydrogen-bond acceptors (Lipinski definition) is 5. The SMILES string of the molecule is C[C@H](C[C@H](O)[C@@H](O)C(C)(C)O)C1=C2C[C@H](O)[C@@H]3[C@@]4(C)CCC(=O)C(C)(C)[C@@H]4CC[C@@]3(C)[C@]2(C)CC1. The molecule has 0 bridgehead atoms. The Morgan fingerprint density at radius 1 is 1.03 bits per heavy atom. The molecule has 0 radical (unpaired) electrons. The molecule has 3 saturated carbocycles. The fourth-order valence-electron chi connectivity index (χ4n) is 9.77. The lowest BCUT2D eigenvalue weighted by Crippen LogP contribution is -2.65. The van der Waals surface area contributed by atoms with Crippen LogP contribution in [-0.2, 0) is 4.79 Å². The smallest absolute Gasteiger partial charge is 0.138 e. The number of Topliss-reactive ketones (excluding diaryl/α,β-unsaturated/α-hetero) is 1. The molecule has 4 aliphatic carbocycles. The van der Waals surface area contributed by atoms with Crippen LogP contribution in [0.4, 0.5) is 0 Å². The number of allylic oxidation sites excluding steroid dienone is 1. The Kier molecular flexibility index (Phi) is 6.53. The maximum atomic E-state index is 12.9. The van der Waals surface area contributed by atoms with Gasteiger partial charge in [0.15, 0.2) is 0 Å². The van der Waals surface area contributed by atoms with E-state index in [1.54, 1.807) is 0 Å². The topological polar surface area (TPSA) is 98.0 Å². The molecular weight excluding hydrogens is 440 g/mol. The van der Waals surface area contributed by atoms with Crippen LogP contribution in [0.1, 0.15) is 107 Å². The minimum Gasteiger partial charge on any atom is -0.392 e. The summed E-state index contributed by atoms with van der Waals surface area (Å²) in [5.41, 5.74) is 0.895. The van der Waals surface area contributed by atoms with E-state index in [0.29, 0.717) is 31.0 Å². The van der Waals surface area contributed by atoms with Crippen LogP contribution in [0.25, 0.3) is 0 Å². The highest BCUT2D eigenvalue weighted by atomic mass is 16.4. The molecule has 0 spiro atoms. The van der Waals surface area contributed by atoms with Crippen LogP contribution in [0.2, 0.25) is 0 Å². The first kappa shape index (κ1) is 27.3. The molecule has 4 N–H and O–H groups in total. The summed E-state index contributed by atoms with van der Waals surface area (Å²) in [5, 5.41) is 43.0. The van der Waals surface area contributed by atoms with Crippen LogP contribution >= 0.6 is 0 Å². The Bertz CT molecular complexity index is 899. The second-order valence-corrected chi connectivity index (χ2v) is 14.5. The second-order valence-electron chi connectivity index (χ2n) is 14.5. The number of carbonyl (C=O) groups excluding carboxylic acids is 1. The minimum absolute atomic E-state index is 0.0140. The quantitative estimate of drug-likeness (QED) is 0.415. The van der Waals surface area contributed by atoms with Crippen LogP contribution in [0.15, 0.2) is 11.1 Å². The van der Waals surface area contributed by atoms with Crippen molar-refractivity contribution in [1.29, 1.82) is 0 Å². The van der Waals surface area contributed by atoms with E-state index in [2.05, 4.69) is 41.5 Å². The van der Waals surface area contributed by atoms with Crippen molar-refractivity contribution in [2.45, 2.75) is 131 Å². The van der Waals surface area contributed by atoms with Crippen molar-refractivity contribution in [3.05, 3.63) is 11.1 Å². The summed E-state index contributed by atoms with van der Waals surface area (Å²) in [6, 6.07) is 0. The highest BCUT2D eigenvalue weighted by Crippen LogP contribution is 2.74. The lowest BCUT2D eigenvalue weighted by atomic mass is 9.36. The highest BCUT2D eigenvalue weighted by Gasteiger charge is 2.69. The van der Waals surface area contributed by atoms with Gasteiger partial charge in [0.05, 0.1) is 17.8 Å². The number of aliphatic hydroxyl groups excluding tert-OH is 3. The molecule has 0 saturated heterocycles. The van der Waals surface area contributed by atoms with Gasteiger partial charge in [-0.2, -0.15) is 0 Å². The lowest BCUT2D eigenvalue weighted by Gasteiger charge is -2.69. The van der Waals surface area contributed by atoms with Crippen LogP contribution in [-0.4, -0.2) is 50.1 Å². The Labute approximate surface area is 212 Å². The lowest BCUT2D eigenvalue weighted by molar-refractivity contribution is -0.208. The van der Waals surface area contributed by atoms with Crippen LogP contribution < -0.4 is 0 Å². The van der Waals surface area contributed by atoms with Crippen molar-refractivity contribution >= 4 is 5.78 Å². The minimum atomic E-state index is -1.36. The van der Waals surface area contributed by atoms with Gasteiger partial charge >= 0.3 is 0 Å². The molecule has 0 unspecified atom stereocenters. The van der Waals surface area contributed by atoms with Gasteiger partial charge in [-0.25, -0.2) is 0 Å². The second kappa shape index (κ2) is 8.38. The number of rotatable bonds is 5. The molecule has 35 heavy (non-hydrogen) atoms. The Morgan fingerprint density at radius 2 is 1.66 bits per heavy atom. The zero-order valence-electron chi connectivity index (χ0n) is 23.3. The molecule has 5 heteroatoms. The van der Waals surface area contributed by atoms with Crippen molar-refractivity contribution in [3.63, 3.8) is 0 Å². The summed E-state index contributed by atoms with van der Waals surface area (Å²) in [7, 11) is 0. The van der Waals surface area contributed by atoms with Gasteiger partial charge in [-0.15, -0.1) is 0 Å². The van der Waals surface area contributed by atoms with Crippen LogP contribution in [0.5, 0.6) is 0 Å². The standard InChI is InChI=1S/C30H50O5/c1-17(15-21(32)25(34)27(4,5)35)18-9-13-29(7)19(18)16-20(31)24-28(6)12-11-23(33)26(2,3)22(28)10-14-30(24,29)8/h17,20-22,24-25,31-32,34-35H,9-16H2,1-8H3/t17-,20+,21+,22+,24-,25-,28+,29-,30-/m1/s1. The molecular formula is C30H50O5. The normalized spacial score (nSPS) is 43.8. The van der Waals surface area contributed by atoms with Gasteiger partial charge in [-0.1, -0.05) is 52.7 Å². The summed E-state index contributed by atoms with van der Waals surface area (Å²) in [6.07, 6.45) is 3.96. The molecule has 200 valence electrons. The Morgan fingerprint density at radius 3 is 2.26 bits per heavy atom. The van der Waals surface area contributed by atoms with Gasteiger partial charge in [0, 0.05) is 11.8 Å². The average molecular weight is 491 g/mol. The molecule has 9 atom stereocenters. The van der Waals surface area contributed by atoms with E-state index in [1.807, 2.05) is 0 Å². The monoisotopic (exact) mass is 490 g/mol. The maximum Gasteiger partial charge on any atom is 0.138 e. The molecule has 0 aromatic rings. The van der Waals surface area contributed by atoms with E-state index in [9.17, 15) is 25.2 Å². The third kappa shape index (κ3) is 3.82. The van der Waals surface area contributed by atoms with Gasteiger partial charge in [-0.3, -0.25) is 4.79 Å². The maximum absolute atomic E-state index is 12.9. The number of carbonyl (C=O) groups is 1. The van der Waals surface area contributed by atoms with Crippen LogP contribution in [0, 0.1) is 39.4 Å². The van der Waals surface area contributed by atoms with E-state index in [-0.39, 0.29) is 33.5 Å². The fraction of sp³-hybridized carbons (Fsp3) is 0.900. The van der Waals surface area contributed by atoms with Gasteiger partial charge < -0.3 is 20.4 Å². The highest BCUT2D eigenvalue weighted by molar-refractivity contribution is 5.85. The number of fused-ring (bicyclic) bond motifs is 5. The van der Waals surface area contributed by atoms with E-state index in [4.69, 9.17) is 0 Å². The summed E-state index contributed by atoms with van der Waals surface area (Å²) >= 11 is 0. The number of hydrogen-bond donors (Lipinski definition) is 4. The average Bonchev–Trinajstić information content (AvgIpc) is 3.07. The molecule has 0 aromatic carbocycles.